The molecule has 0 amide bonds. The molecule has 1 aromatic rings. The van der Waals surface area contributed by atoms with Crippen LogP contribution in [0.25, 0.3) is 0 Å². The van der Waals surface area contributed by atoms with Crippen LogP contribution < -0.4 is 4.74 Å². The molecule has 0 radical (unpaired) electrons. The first-order valence-electron chi connectivity index (χ1n) is 8.45. The summed E-state index contributed by atoms with van der Waals surface area (Å²) in [4.78, 5) is 10.8. The fourth-order valence-corrected chi connectivity index (χ4v) is 3.43. The molecule has 140 valence electrons. The first kappa shape index (κ1) is 19.6. The largest absolute Gasteiger partial charge is 0.491 e. The zero-order chi connectivity index (χ0) is 18.4. The van der Waals surface area contributed by atoms with E-state index in [1.54, 1.807) is 0 Å². The molecule has 1 saturated carbocycles. The van der Waals surface area contributed by atoms with Gasteiger partial charge in [0.15, 0.2) is 0 Å². The van der Waals surface area contributed by atoms with Gasteiger partial charge in [0.1, 0.15) is 12.4 Å². The third-order valence-electron chi connectivity index (χ3n) is 4.73. The smallest absolute Gasteiger partial charge is 0.416 e. The quantitative estimate of drug-likeness (QED) is 0.732. The van der Waals surface area contributed by atoms with Gasteiger partial charge < -0.3 is 14.9 Å². The summed E-state index contributed by atoms with van der Waals surface area (Å²) in [7, 11) is 0. The van der Waals surface area contributed by atoms with Crippen LogP contribution in [0.4, 0.5) is 13.2 Å². The Labute approximate surface area is 144 Å². The van der Waals surface area contributed by atoms with E-state index in [0.29, 0.717) is 12.8 Å². The Hall–Kier alpha value is -1.76. The topological polar surface area (TPSA) is 66.8 Å². The van der Waals surface area contributed by atoms with E-state index in [9.17, 15) is 23.1 Å². The molecule has 0 saturated heterocycles. The van der Waals surface area contributed by atoms with E-state index in [1.165, 1.54) is 12.1 Å². The van der Waals surface area contributed by atoms with Crippen LogP contribution in [0.1, 0.15) is 44.1 Å². The fourth-order valence-electron chi connectivity index (χ4n) is 3.43. The minimum Gasteiger partial charge on any atom is -0.491 e. The van der Waals surface area contributed by atoms with Gasteiger partial charge in [-0.25, -0.2) is 0 Å². The number of halogens is 3. The van der Waals surface area contributed by atoms with Crippen LogP contribution in [0.15, 0.2) is 24.3 Å². The fraction of sp³-hybridized carbons (Fsp3) is 0.611. The van der Waals surface area contributed by atoms with E-state index in [0.717, 1.165) is 31.4 Å². The molecule has 2 N–H and O–H groups in total. The molecule has 3 atom stereocenters. The Morgan fingerprint density at radius 3 is 2.68 bits per heavy atom. The average molecular weight is 360 g/mol. The molecule has 2 rings (SSSR count). The van der Waals surface area contributed by atoms with Crippen LogP contribution in [-0.2, 0) is 11.0 Å². The predicted octanol–water partition coefficient (Wildman–Crippen LogP) is 4.12. The number of ether oxygens (including phenoxy) is 1. The van der Waals surface area contributed by atoms with Gasteiger partial charge in [0.2, 0.25) is 0 Å². The Balaban J connectivity index is 1.77. The van der Waals surface area contributed by atoms with Gasteiger partial charge in [-0.2, -0.15) is 13.2 Å². The molecule has 25 heavy (non-hydrogen) atoms. The van der Waals surface area contributed by atoms with Crippen molar-refractivity contribution in [1.29, 1.82) is 0 Å². The number of aliphatic hydroxyl groups excluding tert-OH is 1. The highest BCUT2D eigenvalue weighted by Crippen LogP contribution is 2.37. The van der Waals surface area contributed by atoms with Crippen LogP contribution in [-0.4, -0.2) is 28.9 Å². The molecule has 1 fully saturated rings. The van der Waals surface area contributed by atoms with Crippen molar-refractivity contribution >= 4 is 5.97 Å². The monoisotopic (exact) mass is 360 g/mol. The second kappa shape index (κ2) is 8.56. The van der Waals surface area contributed by atoms with Gasteiger partial charge in [0.05, 0.1) is 11.7 Å². The summed E-state index contributed by atoms with van der Waals surface area (Å²) in [5.41, 5.74) is -0.790. The number of hydrogen-bond acceptors (Lipinski definition) is 3. The van der Waals surface area contributed by atoms with E-state index in [2.05, 4.69) is 0 Å². The van der Waals surface area contributed by atoms with E-state index < -0.39 is 23.8 Å². The first-order chi connectivity index (χ1) is 11.8. The Kier molecular flexibility index (Phi) is 6.70. The highest BCUT2D eigenvalue weighted by molar-refractivity contribution is 5.67. The highest BCUT2D eigenvalue weighted by Gasteiger charge is 2.31. The number of hydrogen-bond donors (Lipinski definition) is 2. The minimum atomic E-state index is -4.43. The number of carbonyl (C=O) groups is 1. The summed E-state index contributed by atoms with van der Waals surface area (Å²) in [6.45, 7) is -0.0857. The van der Waals surface area contributed by atoms with Crippen molar-refractivity contribution < 1.29 is 32.9 Å². The summed E-state index contributed by atoms with van der Waals surface area (Å²) in [6.07, 6.45) is -1.07. The second-order valence-electron chi connectivity index (χ2n) is 6.62. The van der Waals surface area contributed by atoms with Crippen LogP contribution in [0, 0.1) is 11.8 Å². The summed E-state index contributed by atoms with van der Waals surface area (Å²) in [5.74, 6) is -0.308. The number of carboxylic acid groups (broad SMARTS) is 1. The zero-order valence-electron chi connectivity index (χ0n) is 13.8. The van der Waals surface area contributed by atoms with Gasteiger partial charge in [0, 0.05) is 6.42 Å². The van der Waals surface area contributed by atoms with Gasteiger partial charge in [-0.15, -0.1) is 0 Å². The highest BCUT2D eigenvalue weighted by atomic mass is 19.4. The van der Waals surface area contributed by atoms with Gasteiger partial charge in [-0.05, 0) is 49.3 Å². The lowest BCUT2D eigenvalue weighted by Crippen LogP contribution is -2.20. The van der Waals surface area contributed by atoms with Crippen LogP contribution in [0.2, 0.25) is 0 Å². The molecule has 1 aliphatic rings. The van der Waals surface area contributed by atoms with E-state index >= 15 is 0 Å². The molecule has 1 aliphatic carbocycles. The summed E-state index contributed by atoms with van der Waals surface area (Å²) >= 11 is 0. The third-order valence-corrected chi connectivity index (χ3v) is 4.73. The average Bonchev–Trinajstić information content (AvgIpc) is 2.97. The van der Waals surface area contributed by atoms with Crippen LogP contribution >= 0.6 is 0 Å². The third kappa shape index (κ3) is 6.23. The molecule has 0 spiro atoms. The molecule has 0 aliphatic heterocycles. The maximum atomic E-state index is 12.6. The number of alkyl halides is 3. The standard InChI is InChI=1S/C18H23F3O4/c19-18(20,21)14-5-2-6-16(10-14)25-11-15(22)8-7-12-3-1-4-13(12)9-17(23)24/h2,5-6,10,12-13,15,22H,1,3-4,7-9,11H2,(H,23,24)/t12?,13-,15?/m1/s1. The second-order valence-corrected chi connectivity index (χ2v) is 6.62. The van der Waals surface area contributed by atoms with Crippen molar-refractivity contribution in [3.05, 3.63) is 29.8 Å². The van der Waals surface area contributed by atoms with Gasteiger partial charge in [-0.1, -0.05) is 18.9 Å². The number of carboxylic acids is 1. The molecular formula is C18H23F3O4. The molecule has 0 aromatic heterocycles. The lowest BCUT2D eigenvalue weighted by atomic mass is 9.88. The molecule has 0 bridgehead atoms. The molecule has 2 unspecified atom stereocenters. The maximum absolute atomic E-state index is 12.6. The molecule has 0 heterocycles. The number of benzene rings is 1. The van der Waals surface area contributed by atoms with E-state index in [4.69, 9.17) is 9.84 Å². The van der Waals surface area contributed by atoms with Crippen molar-refractivity contribution in [3.8, 4) is 5.75 Å². The van der Waals surface area contributed by atoms with Gasteiger partial charge in [-0.3, -0.25) is 4.79 Å². The van der Waals surface area contributed by atoms with Crippen molar-refractivity contribution in [2.75, 3.05) is 6.61 Å². The van der Waals surface area contributed by atoms with Crippen LogP contribution in [0.5, 0.6) is 5.75 Å². The maximum Gasteiger partial charge on any atom is 0.416 e. The Bertz CT molecular complexity index is 574. The van der Waals surface area contributed by atoms with E-state index in [1.807, 2.05) is 0 Å². The van der Waals surface area contributed by atoms with Crippen molar-refractivity contribution in [3.63, 3.8) is 0 Å². The molecule has 4 nitrogen and oxygen atoms in total. The summed E-state index contributed by atoms with van der Waals surface area (Å²) in [5, 5.41) is 18.9. The predicted molar refractivity (Wildman–Crippen MR) is 85.3 cm³/mol. The van der Waals surface area contributed by atoms with Gasteiger partial charge in [0.25, 0.3) is 0 Å². The minimum absolute atomic E-state index is 0.0681. The lowest BCUT2D eigenvalue weighted by Gasteiger charge is -2.20. The summed E-state index contributed by atoms with van der Waals surface area (Å²) < 4.78 is 43.2. The summed E-state index contributed by atoms with van der Waals surface area (Å²) in [6, 6.07) is 4.56. The van der Waals surface area contributed by atoms with Crippen LogP contribution in [0.3, 0.4) is 0 Å². The van der Waals surface area contributed by atoms with Crippen molar-refractivity contribution in [2.24, 2.45) is 11.8 Å². The Morgan fingerprint density at radius 1 is 1.28 bits per heavy atom. The number of rotatable bonds is 8. The molecular weight excluding hydrogens is 337 g/mol. The lowest BCUT2D eigenvalue weighted by molar-refractivity contribution is -0.139. The van der Waals surface area contributed by atoms with E-state index in [-0.39, 0.29) is 30.6 Å². The first-order valence-corrected chi connectivity index (χ1v) is 8.45. The molecule has 1 aromatic carbocycles. The zero-order valence-corrected chi connectivity index (χ0v) is 13.8. The van der Waals surface area contributed by atoms with Crippen molar-refractivity contribution in [1.82, 2.24) is 0 Å². The number of aliphatic hydroxyl groups is 1. The van der Waals surface area contributed by atoms with Crippen molar-refractivity contribution in [2.45, 2.75) is 50.8 Å². The van der Waals surface area contributed by atoms with Gasteiger partial charge >= 0.3 is 12.1 Å². The molecule has 7 heteroatoms. The normalized spacial score (nSPS) is 21.9. The Morgan fingerprint density at radius 2 is 2.00 bits per heavy atom. The SMILES string of the molecule is O=C(O)C[C@H]1CCCC1CCC(O)COc1cccc(C(F)(F)F)c1. The number of aliphatic carboxylic acids is 1.